The highest BCUT2D eigenvalue weighted by atomic mass is 79.9. The van der Waals surface area contributed by atoms with Gasteiger partial charge >= 0.3 is 22.6 Å². The molecular weight excluding hydrogens is 310 g/mol. The van der Waals surface area contributed by atoms with Crippen LogP contribution in [0, 0.1) is 0 Å². The zero-order valence-electron chi connectivity index (χ0n) is 8.04. The van der Waals surface area contributed by atoms with E-state index in [0.717, 1.165) is 13.8 Å². The second-order valence-corrected chi connectivity index (χ2v) is 4.30. The highest BCUT2D eigenvalue weighted by Crippen LogP contribution is 2.50. The minimum absolute atomic E-state index is 1.09. The van der Waals surface area contributed by atoms with Crippen molar-refractivity contribution in [2.75, 3.05) is 0 Å². The first-order chi connectivity index (χ1) is 6.84. The first kappa shape index (κ1) is 15.5. The molecular formula is C7H7BrF6O2. The molecule has 0 aliphatic rings. The summed E-state index contributed by atoms with van der Waals surface area (Å²) in [4.78, 5) is 10.9. The van der Waals surface area contributed by atoms with Gasteiger partial charge in [0.15, 0.2) is 0 Å². The Hall–Kier alpha value is -0.470. The van der Waals surface area contributed by atoms with Crippen LogP contribution in [0.5, 0.6) is 0 Å². The van der Waals surface area contributed by atoms with Crippen molar-refractivity contribution < 1.29 is 35.9 Å². The number of carbonyl (C=O) groups is 1. The van der Waals surface area contributed by atoms with E-state index in [2.05, 4.69) is 4.74 Å². The molecule has 0 aliphatic heterocycles. The highest BCUT2D eigenvalue weighted by Gasteiger charge is 2.75. The van der Waals surface area contributed by atoms with Gasteiger partial charge in [0, 0.05) is 0 Å². The summed E-state index contributed by atoms with van der Waals surface area (Å²) < 4.78 is 72.7. The number of alkyl halides is 7. The number of hydrogen-bond donors (Lipinski definition) is 0. The third-order valence-corrected chi connectivity index (χ3v) is 2.63. The van der Waals surface area contributed by atoms with Gasteiger partial charge in [-0.25, -0.2) is 4.79 Å². The zero-order chi connectivity index (χ0) is 13.4. The summed E-state index contributed by atoms with van der Waals surface area (Å²) in [7, 11) is 0. The molecule has 9 heteroatoms. The van der Waals surface area contributed by atoms with Gasteiger partial charge in [0.2, 0.25) is 0 Å². The summed E-state index contributed by atoms with van der Waals surface area (Å²) in [5.41, 5.74) is 0. The van der Waals surface area contributed by atoms with Gasteiger partial charge in [-0.1, -0.05) is 15.9 Å². The minimum atomic E-state index is -5.84. The predicted octanol–water partition coefficient (Wildman–Crippen LogP) is 3.20. The van der Waals surface area contributed by atoms with Crippen LogP contribution in [0.3, 0.4) is 0 Å². The lowest BCUT2D eigenvalue weighted by Gasteiger charge is -2.30. The Kier molecular flexibility index (Phi) is 4.29. The molecule has 0 heterocycles. The van der Waals surface area contributed by atoms with E-state index in [4.69, 9.17) is 0 Å². The van der Waals surface area contributed by atoms with E-state index < -0.39 is 28.8 Å². The molecule has 0 spiro atoms. The molecule has 0 radical (unpaired) electrons. The van der Waals surface area contributed by atoms with Crippen LogP contribution < -0.4 is 0 Å². The molecule has 0 aromatic rings. The number of hydrogen-bond acceptors (Lipinski definition) is 2. The lowest BCUT2D eigenvalue weighted by molar-refractivity contribution is -0.263. The summed E-state index contributed by atoms with van der Waals surface area (Å²) in [6.07, 6.45) is -12.8. The van der Waals surface area contributed by atoms with Crippen molar-refractivity contribution in [1.29, 1.82) is 0 Å². The van der Waals surface area contributed by atoms with Crippen molar-refractivity contribution in [1.82, 2.24) is 0 Å². The van der Waals surface area contributed by atoms with Gasteiger partial charge in [-0.2, -0.15) is 26.3 Å². The van der Waals surface area contributed by atoms with Crippen LogP contribution in [-0.2, 0) is 9.53 Å². The average molecular weight is 317 g/mol. The van der Waals surface area contributed by atoms with Crippen LogP contribution >= 0.6 is 15.9 Å². The highest BCUT2D eigenvalue weighted by molar-refractivity contribution is 9.10. The van der Waals surface area contributed by atoms with Gasteiger partial charge in [0.05, 0.1) is 6.10 Å². The lowest BCUT2D eigenvalue weighted by Crippen LogP contribution is -2.58. The first-order valence-electron chi connectivity index (χ1n) is 3.87. The Morgan fingerprint density at radius 2 is 1.38 bits per heavy atom. The quantitative estimate of drug-likeness (QED) is 0.444. The molecule has 0 unspecified atom stereocenters. The van der Waals surface area contributed by atoms with Crippen LogP contribution in [0.4, 0.5) is 26.3 Å². The molecule has 0 saturated carbocycles. The van der Waals surface area contributed by atoms with Gasteiger partial charge in [0.25, 0.3) is 0 Å². The predicted molar refractivity (Wildman–Crippen MR) is 45.0 cm³/mol. The first-order valence-corrected chi connectivity index (χ1v) is 4.66. The van der Waals surface area contributed by atoms with Crippen LogP contribution in [0.25, 0.3) is 0 Å². The van der Waals surface area contributed by atoms with Gasteiger partial charge in [-0.05, 0) is 13.8 Å². The van der Waals surface area contributed by atoms with Gasteiger partial charge in [-0.3, -0.25) is 0 Å². The Morgan fingerprint density at radius 3 is 1.56 bits per heavy atom. The van der Waals surface area contributed by atoms with E-state index in [9.17, 15) is 31.1 Å². The molecule has 16 heavy (non-hydrogen) atoms. The molecule has 0 aromatic heterocycles. The third-order valence-electron chi connectivity index (χ3n) is 1.41. The van der Waals surface area contributed by atoms with Crippen molar-refractivity contribution in [3.05, 3.63) is 0 Å². The summed E-state index contributed by atoms with van der Waals surface area (Å²) in [5, 5.41) is 0. The van der Waals surface area contributed by atoms with Crippen molar-refractivity contribution >= 4 is 21.9 Å². The average Bonchev–Trinajstić information content (AvgIpc) is 1.96. The topological polar surface area (TPSA) is 26.3 Å². The molecule has 0 aliphatic carbocycles. The summed E-state index contributed by atoms with van der Waals surface area (Å²) >= 11 is 1.40. The third kappa shape index (κ3) is 2.80. The standard InChI is InChI=1S/C7H7BrF6O2/c1-3(2)16-4(15)5(8,6(9,10)11)7(12,13)14/h3H,1-2H3. The van der Waals surface area contributed by atoms with Crippen molar-refractivity contribution in [2.45, 2.75) is 36.6 Å². The number of rotatable bonds is 2. The smallest absolute Gasteiger partial charge is 0.423 e. The van der Waals surface area contributed by atoms with Crippen molar-refractivity contribution in [3.63, 3.8) is 0 Å². The molecule has 2 nitrogen and oxygen atoms in total. The van der Waals surface area contributed by atoms with Gasteiger partial charge < -0.3 is 4.74 Å². The molecule has 0 amide bonds. The van der Waals surface area contributed by atoms with Crippen LogP contribution in [0.2, 0.25) is 0 Å². The number of halogens is 7. The Balaban J connectivity index is 5.36. The molecule has 0 N–H and O–H groups in total. The SMILES string of the molecule is CC(C)OC(=O)C(Br)(C(F)(F)F)C(F)(F)F. The Labute approximate surface area is 95.1 Å². The van der Waals surface area contributed by atoms with Gasteiger partial charge in [-0.15, -0.1) is 0 Å². The van der Waals surface area contributed by atoms with Gasteiger partial charge in [0.1, 0.15) is 0 Å². The zero-order valence-corrected chi connectivity index (χ0v) is 9.63. The molecule has 0 atom stereocenters. The van der Waals surface area contributed by atoms with Crippen molar-refractivity contribution in [3.8, 4) is 0 Å². The maximum Gasteiger partial charge on any atom is 0.423 e. The van der Waals surface area contributed by atoms with E-state index in [1.54, 1.807) is 0 Å². The maximum atomic E-state index is 12.2. The fourth-order valence-corrected chi connectivity index (χ4v) is 0.781. The molecule has 96 valence electrons. The minimum Gasteiger partial charge on any atom is -0.461 e. The van der Waals surface area contributed by atoms with Crippen LogP contribution in [0.15, 0.2) is 0 Å². The number of esters is 1. The summed E-state index contributed by atoms with van der Waals surface area (Å²) in [6, 6.07) is 0. The van der Waals surface area contributed by atoms with E-state index >= 15 is 0 Å². The second-order valence-electron chi connectivity index (χ2n) is 3.11. The van der Waals surface area contributed by atoms with Crippen molar-refractivity contribution in [2.24, 2.45) is 0 Å². The Morgan fingerprint density at radius 1 is 1.06 bits per heavy atom. The van der Waals surface area contributed by atoms with E-state index in [1.165, 1.54) is 15.9 Å². The fraction of sp³-hybridized carbons (Fsp3) is 0.857. The largest absolute Gasteiger partial charge is 0.461 e. The summed E-state index contributed by atoms with van der Waals surface area (Å²) in [5.74, 6) is -2.43. The second kappa shape index (κ2) is 4.42. The lowest BCUT2D eigenvalue weighted by atomic mass is 10.1. The van der Waals surface area contributed by atoms with E-state index in [-0.39, 0.29) is 0 Å². The van der Waals surface area contributed by atoms with Crippen LogP contribution in [0.1, 0.15) is 13.8 Å². The Bertz CT molecular complexity index is 255. The molecule has 0 bridgehead atoms. The normalized spacial score (nSPS) is 14.1. The fourth-order valence-electron chi connectivity index (χ4n) is 0.687. The molecule has 0 saturated heterocycles. The molecule has 0 rings (SSSR count). The molecule has 0 fully saturated rings. The van der Waals surface area contributed by atoms with E-state index in [0.29, 0.717) is 0 Å². The number of carbonyl (C=O) groups excluding carboxylic acids is 1. The van der Waals surface area contributed by atoms with Crippen LogP contribution in [-0.4, -0.2) is 28.8 Å². The maximum absolute atomic E-state index is 12.2. The van der Waals surface area contributed by atoms with E-state index in [1.807, 2.05) is 0 Å². The monoisotopic (exact) mass is 316 g/mol. The summed E-state index contributed by atoms with van der Waals surface area (Å²) in [6.45, 7) is 2.27. The number of ether oxygens (including phenoxy) is 1. The molecule has 0 aromatic carbocycles.